The largest absolute Gasteiger partial charge is 0.368 e. The molecule has 0 saturated carbocycles. The Morgan fingerprint density at radius 3 is 2.87 bits per heavy atom. The van der Waals surface area contributed by atoms with Crippen LogP contribution < -0.4 is 10.6 Å². The Balaban J connectivity index is 2.18. The molecule has 1 aromatic heterocycles. The van der Waals surface area contributed by atoms with Crippen LogP contribution in [0, 0.1) is 0 Å². The lowest BCUT2D eigenvalue weighted by atomic mass is 10.2. The molecule has 0 atom stereocenters. The maximum absolute atomic E-state index is 11.2. The number of anilines is 1. The second-order valence-corrected chi connectivity index (χ2v) is 5.24. The Kier molecular flexibility index (Phi) is 3.33. The third kappa shape index (κ3) is 2.35. The fourth-order valence-corrected chi connectivity index (χ4v) is 2.80. The monoisotopic (exact) mass is 225 g/mol. The number of nitrogens with two attached hydrogens (primary N) is 1. The first-order valence-corrected chi connectivity index (χ1v) is 6.53. The summed E-state index contributed by atoms with van der Waals surface area (Å²) < 4.78 is 11.2. The van der Waals surface area contributed by atoms with Crippen molar-refractivity contribution >= 4 is 16.5 Å². The molecular weight excluding hydrogens is 210 g/mol. The summed E-state index contributed by atoms with van der Waals surface area (Å²) in [7, 11) is -0.637. The minimum Gasteiger partial charge on any atom is -0.368 e. The molecule has 82 valence electrons. The number of hydrogen-bond donors (Lipinski definition) is 1. The molecule has 15 heavy (non-hydrogen) atoms. The van der Waals surface area contributed by atoms with Gasteiger partial charge in [0.25, 0.3) is 0 Å². The molecule has 0 amide bonds. The third-order valence-electron chi connectivity index (χ3n) is 2.63. The van der Waals surface area contributed by atoms with E-state index in [1.807, 2.05) is 12.3 Å². The van der Waals surface area contributed by atoms with Crippen LogP contribution >= 0.6 is 0 Å². The van der Waals surface area contributed by atoms with E-state index in [9.17, 15) is 4.21 Å². The van der Waals surface area contributed by atoms with E-state index in [0.29, 0.717) is 6.54 Å². The first kappa shape index (κ1) is 10.6. The maximum Gasteiger partial charge on any atom is 0.0598 e. The first-order valence-electron chi connectivity index (χ1n) is 5.04. The Labute approximate surface area is 91.9 Å². The van der Waals surface area contributed by atoms with Crippen molar-refractivity contribution in [2.75, 3.05) is 29.5 Å². The maximum atomic E-state index is 11.2. The summed E-state index contributed by atoms with van der Waals surface area (Å²) in [5.74, 6) is 1.50. The van der Waals surface area contributed by atoms with Crippen LogP contribution in [0.4, 0.5) is 5.69 Å². The van der Waals surface area contributed by atoms with Crippen molar-refractivity contribution in [3.05, 3.63) is 24.0 Å². The molecule has 1 fully saturated rings. The van der Waals surface area contributed by atoms with E-state index in [-0.39, 0.29) is 0 Å². The SMILES string of the molecule is NCc1ccncc1N1CCS(=O)CC1. The van der Waals surface area contributed by atoms with Gasteiger partial charge in [0.15, 0.2) is 0 Å². The van der Waals surface area contributed by atoms with Gasteiger partial charge >= 0.3 is 0 Å². The highest BCUT2D eigenvalue weighted by Gasteiger charge is 2.17. The first-order chi connectivity index (χ1) is 7.31. The molecule has 0 radical (unpaired) electrons. The van der Waals surface area contributed by atoms with Crippen LogP contribution in [0.25, 0.3) is 0 Å². The Bertz CT molecular complexity index is 359. The normalized spacial score (nSPS) is 18.1. The highest BCUT2D eigenvalue weighted by atomic mass is 32.2. The average molecular weight is 225 g/mol. The molecule has 2 rings (SSSR count). The number of hydrogen-bond acceptors (Lipinski definition) is 4. The van der Waals surface area contributed by atoms with Gasteiger partial charge in [-0.3, -0.25) is 9.19 Å². The summed E-state index contributed by atoms with van der Waals surface area (Å²) in [6.45, 7) is 2.20. The van der Waals surface area contributed by atoms with Crippen LogP contribution in [-0.4, -0.2) is 33.8 Å². The Morgan fingerprint density at radius 2 is 2.20 bits per heavy atom. The van der Waals surface area contributed by atoms with E-state index in [1.54, 1.807) is 6.20 Å². The predicted molar refractivity (Wildman–Crippen MR) is 62.2 cm³/mol. The Hall–Kier alpha value is -0.940. The zero-order chi connectivity index (χ0) is 10.7. The highest BCUT2D eigenvalue weighted by molar-refractivity contribution is 7.85. The van der Waals surface area contributed by atoms with Gasteiger partial charge in [-0.25, -0.2) is 0 Å². The molecule has 5 heteroatoms. The van der Waals surface area contributed by atoms with Crippen LogP contribution in [0.5, 0.6) is 0 Å². The smallest absolute Gasteiger partial charge is 0.0598 e. The molecule has 0 unspecified atom stereocenters. The van der Waals surface area contributed by atoms with E-state index in [2.05, 4.69) is 9.88 Å². The fourth-order valence-electron chi connectivity index (χ4n) is 1.75. The summed E-state index contributed by atoms with van der Waals surface area (Å²) in [5.41, 5.74) is 7.87. The van der Waals surface area contributed by atoms with Crippen molar-refractivity contribution < 1.29 is 4.21 Å². The van der Waals surface area contributed by atoms with Crippen molar-refractivity contribution in [1.82, 2.24) is 4.98 Å². The van der Waals surface area contributed by atoms with Gasteiger partial charge in [-0.1, -0.05) is 0 Å². The van der Waals surface area contributed by atoms with Gasteiger partial charge in [0, 0.05) is 48.1 Å². The summed E-state index contributed by atoms with van der Waals surface area (Å²) in [6.07, 6.45) is 3.60. The molecule has 0 bridgehead atoms. The van der Waals surface area contributed by atoms with Crippen LogP contribution in [0.3, 0.4) is 0 Å². The molecule has 1 aromatic rings. The minimum atomic E-state index is -0.637. The molecular formula is C10H15N3OS. The number of pyridine rings is 1. The molecule has 2 N–H and O–H groups in total. The van der Waals surface area contributed by atoms with Crippen molar-refractivity contribution in [2.24, 2.45) is 5.73 Å². The predicted octanol–water partition coefficient (Wildman–Crippen LogP) is 0.109. The summed E-state index contributed by atoms with van der Waals surface area (Å²) in [5, 5.41) is 0. The molecule has 0 aliphatic carbocycles. The standard InChI is InChI=1S/C10H15N3OS/c11-7-9-1-2-12-8-10(9)13-3-5-15(14)6-4-13/h1-2,8H,3-7,11H2. The number of aromatic nitrogens is 1. The quantitative estimate of drug-likeness (QED) is 0.776. The average Bonchev–Trinajstić information content (AvgIpc) is 2.30. The Morgan fingerprint density at radius 1 is 1.47 bits per heavy atom. The van der Waals surface area contributed by atoms with Gasteiger partial charge in [0.05, 0.1) is 11.9 Å². The van der Waals surface area contributed by atoms with Crippen LogP contribution in [0.15, 0.2) is 18.5 Å². The third-order valence-corrected chi connectivity index (χ3v) is 3.90. The summed E-state index contributed by atoms with van der Waals surface area (Å²) in [4.78, 5) is 6.33. The van der Waals surface area contributed by atoms with Crippen molar-refractivity contribution in [3.63, 3.8) is 0 Å². The second-order valence-electron chi connectivity index (χ2n) is 3.54. The molecule has 1 aliphatic rings. The number of nitrogens with zero attached hydrogens (tertiary/aromatic N) is 2. The van der Waals surface area contributed by atoms with E-state index in [0.717, 1.165) is 35.8 Å². The van der Waals surface area contributed by atoms with Gasteiger partial charge in [0.1, 0.15) is 0 Å². The molecule has 1 aliphatic heterocycles. The van der Waals surface area contributed by atoms with Gasteiger partial charge in [-0.15, -0.1) is 0 Å². The van der Waals surface area contributed by atoms with Gasteiger partial charge < -0.3 is 10.6 Å². The second kappa shape index (κ2) is 4.72. The van der Waals surface area contributed by atoms with Gasteiger partial charge in [-0.05, 0) is 11.6 Å². The minimum absolute atomic E-state index is 0.525. The molecule has 1 saturated heterocycles. The number of rotatable bonds is 2. The van der Waals surface area contributed by atoms with E-state index < -0.39 is 10.8 Å². The lowest BCUT2D eigenvalue weighted by Gasteiger charge is -2.29. The topological polar surface area (TPSA) is 59.2 Å². The van der Waals surface area contributed by atoms with Gasteiger partial charge in [-0.2, -0.15) is 0 Å². The lowest BCUT2D eigenvalue weighted by molar-refractivity contribution is 0.673. The van der Waals surface area contributed by atoms with Crippen molar-refractivity contribution in [3.8, 4) is 0 Å². The zero-order valence-electron chi connectivity index (χ0n) is 8.56. The van der Waals surface area contributed by atoms with E-state index in [4.69, 9.17) is 5.73 Å². The molecule has 2 heterocycles. The molecule has 0 aromatic carbocycles. The lowest BCUT2D eigenvalue weighted by Crippen LogP contribution is -2.38. The van der Waals surface area contributed by atoms with E-state index >= 15 is 0 Å². The van der Waals surface area contributed by atoms with Crippen molar-refractivity contribution in [1.29, 1.82) is 0 Å². The van der Waals surface area contributed by atoms with Crippen LogP contribution in [0.1, 0.15) is 5.56 Å². The van der Waals surface area contributed by atoms with Gasteiger partial charge in [0.2, 0.25) is 0 Å². The molecule has 0 spiro atoms. The molecule has 4 nitrogen and oxygen atoms in total. The highest BCUT2D eigenvalue weighted by Crippen LogP contribution is 2.19. The summed E-state index contributed by atoms with van der Waals surface area (Å²) in [6, 6.07) is 1.95. The van der Waals surface area contributed by atoms with Crippen LogP contribution in [-0.2, 0) is 17.3 Å². The zero-order valence-corrected chi connectivity index (χ0v) is 9.37. The van der Waals surface area contributed by atoms with Crippen LogP contribution in [0.2, 0.25) is 0 Å². The summed E-state index contributed by atoms with van der Waals surface area (Å²) >= 11 is 0. The van der Waals surface area contributed by atoms with Crippen molar-refractivity contribution in [2.45, 2.75) is 6.54 Å². The van der Waals surface area contributed by atoms with E-state index in [1.165, 1.54) is 0 Å². The fraction of sp³-hybridized carbons (Fsp3) is 0.500.